The number of nitro groups is 1. The van der Waals surface area contributed by atoms with Crippen molar-refractivity contribution in [1.82, 2.24) is 15.5 Å². The predicted octanol–water partition coefficient (Wildman–Crippen LogP) is 2.77. The third-order valence-electron chi connectivity index (χ3n) is 3.64. The van der Waals surface area contributed by atoms with Gasteiger partial charge in [-0.05, 0) is 37.9 Å². The number of piperidine rings is 1. The molecule has 1 aliphatic rings. The molecule has 0 spiro atoms. The van der Waals surface area contributed by atoms with Gasteiger partial charge < -0.3 is 9.84 Å². The summed E-state index contributed by atoms with van der Waals surface area (Å²) >= 11 is 0. The highest BCUT2D eigenvalue weighted by Crippen LogP contribution is 2.31. The molecule has 3 rings (SSSR count). The summed E-state index contributed by atoms with van der Waals surface area (Å²) in [5, 5.41) is 18.4. The van der Waals surface area contributed by atoms with Gasteiger partial charge in [-0.2, -0.15) is 4.98 Å². The predicted molar refractivity (Wildman–Crippen MR) is 75.7 cm³/mol. The lowest BCUT2D eigenvalue weighted by atomic mass is 10.0. The van der Waals surface area contributed by atoms with Crippen LogP contribution < -0.4 is 5.32 Å². The van der Waals surface area contributed by atoms with Crippen LogP contribution in [0.1, 0.15) is 36.7 Å². The van der Waals surface area contributed by atoms with Gasteiger partial charge in [-0.3, -0.25) is 10.1 Å². The Bertz CT molecular complexity index is 662. The number of nitro benzene ring substituents is 1. The first-order chi connectivity index (χ1) is 10.1. The summed E-state index contributed by atoms with van der Waals surface area (Å²) in [6, 6.07) is 4.93. The number of benzene rings is 1. The second kappa shape index (κ2) is 5.61. The van der Waals surface area contributed by atoms with Gasteiger partial charge in [0, 0.05) is 6.07 Å². The zero-order valence-electron chi connectivity index (χ0n) is 11.7. The Balaban J connectivity index is 1.95. The third-order valence-corrected chi connectivity index (χ3v) is 3.64. The average molecular weight is 288 g/mol. The second-order valence-electron chi connectivity index (χ2n) is 5.24. The number of aryl methyl sites for hydroxylation is 1. The Morgan fingerprint density at radius 1 is 1.43 bits per heavy atom. The Morgan fingerprint density at radius 3 is 3.00 bits per heavy atom. The molecule has 21 heavy (non-hydrogen) atoms. The largest absolute Gasteiger partial charge is 0.334 e. The highest BCUT2D eigenvalue weighted by atomic mass is 16.6. The minimum atomic E-state index is -0.433. The first kappa shape index (κ1) is 13.7. The van der Waals surface area contributed by atoms with Crippen molar-refractivity contribution in [3.63, 3.8) is 0 Å². The van der Waals surface area contributed by atoms with E-state index in [2.05, 4.69) is 15.5 Å². The SMILES string of the molecule is Cc1ccc([N+](=O)[O-])c(-c2nc(C3CCCCN3)no2)c1. The fraction of sp³-hybridized carbons (Fsp3) is 0.429. The van der Waals surface area contributed by atoms with Crippen LogP contribution in [-0.4, -0.2) is 21.6 Å². The lowest BCUT2D eigenvalue weighted by Gasteiger charge is -2.19. The number of rotatable bonds is 3. The smallest absolute Gasteiger partial charge is 0.282 e. The molecule has 0 amide bonds. The van der Waals surface area contributed by atoms with Gasteiger partial charge in [0.05, 0.1) is 11.0 Å². The van der Waals surface area contributed by atoms with E-state index in [-0.39, 0.29) is 17.6 Å². The molecule has 2 heterocycles. The highest BCUT2D eigenvalue weighted by molar-refractivity contribution is 5.67. The lowest BCUT2D eigenvalue weighted by Crippen LogP contribution is -2.27. The summed E-state index contributed by atoms with van der Waals surface area (Å²) in [7, 11) is 0. The van der Waals surface area contributed by atoms with E-state index in [1.807, 2.05) is 6.92 Å². The molecule has 1 unspecified atom stereocenters. The van der Waals surface area contributed by atoms with Crippen molar-refractivity contribution in [3.05, 3.63) is 39.7 Å². The van der Waals surface area contributed by atoms with Crippen molar-refractivity contribution in [2.45, 2.75) is 32.2 Å². The summed E-state index contributed by atoms with van der Waals surface area (Å²) in [5.41, 5.74) is 1.26. The van der Waals surface area contributed by atoms with Crippen LogP contribution in [0.3, 0.4) is 0 Å². The molecular weight excluding hydrogens is 272 g/mol. The average Bonchev–Trinajstić information content (AvgIpc) is 2.97. The van der Waals surface area contributed by atoms with Crippen LogP contribution in [-0.2, 0) is 0 Å². The fourth-order valence-electron chi connectivity index (χ4n) is 2.54. The van der Waals surface area contributed by atoms with Gasteiger partial charge in [-0.1, -0.05) is 17.6 Å². The molecule has 110 valence electrons. The van der Waals surface area contributed by atoms with Crippen LogP contribution in [0.5, 0.6) is 0 Å². The van der Waals surface area contributed by atoms with Crippen LogP contribution in [0.25, 0.3) is 11.5 Å². The van der Waals surface area contributed by atoms with Crippen molar-refractivity contribution in [1.29, 1.82) is 0 Å². The number of hydrogen-bond donors (Lipinski definition) is 1. The molecule has 1 aromatic carbocycles. The van der Waals surface area contributed by atoms with Crippen LogP contribution in [0.15, 0.2) is 22.7 Å². The summed E-state index contributed by atoms with van der Waals surface area (Å²) in [6.07, 6.45) is 3.21. The molecule has 7 nitrogen and oxygen atoms in total. The molecule has 1 aromatic heterocycles. The maximum absolute atomic E-state index is 11.1. The maximum atomic E-state index is 11.1. The van der Waals surface area contributed by atoms with Gasteiger partial charge >= 0.3 is 0 Å². The topological polar surface area (TPSA) is 94.1 Å². The summed E-state index contributed by atoms with van der Waals surface area (Å²) < 4.78 is 5.24. The lowest BCUT2D eigenvalue weighted by molar-refractivity contribution is -0.384. The van der Waals surface area contributed by atoms with Gasteiger partial charge in [-0.15, -0.1) is 0 Å². The first-order valence-corrected chi connectivity index (χ1v) is 6.97. The van der Waals surface area contributed by atoms with E-state index >= 15 is 0 Å². The van der Waals surface area contributed by atoms with E-state index in [1.54, 1.807) is 12.1 Å². The van der Waals surface area contributed by atoms with Crippen LogP contribution in [0.4, 0.5) is 5.69 Å². The first-order valence-electron chi connectivity index (χ1n) is 6.97. The van der Waals surface area contributed by atoms with E-state index in [9.17, 15) is 10.1 Å². The molecule has 0 radical (unpaired) electrons. The van der Waals surface area contributed by atoms with Crippen molar-refractivity contribution in [3.8, 4) is 11.5 Å². The number of aromatic nitrogens is 2. The maximum Gasteiger partial charge on any atom is 0.282 e. The monoisotopic (exact) mass is 288 g/mol. The highest BCUT2D eigenvalue weighted by Gasteiger charge is 2.24. The molecule has 1 fully saturated rings. The van der Waals surface area contributed by atoms with E-state index in [4.69, 9.17) is 4.52 Å². The summed E-state index contributed by atoms with van der Waals surface area (Å²) in [4.78, 5) is 15.0. The van der Waals surface area contributed by atoms with Crippen LogP contribution in [0.2, 0.25) is 0 Å². The minimum absolute atomic E-state index is 0.0209. The molecule has 0 bridgehead atoms. The van der Waals surface area contributed by atoms with Gasteiger partial charge in [-0.25, -0.2) is 0 Å². The Morgan fingerprint density at radius 2 is 2.29 bits per heavy atom. The fourth-order valence-corrected chi connectivity index (χ4v) is 2.54. The van der Waals surface area contributed by atoms with Crippen LogP contribution >= 0.6 is 0 Å². The second-order valence-corrected chi connectivity index (χ2v) is 5.24. The minimum Gasteiger partial charge on any atom is -0.334 e. The van der Waals surface area contributed by atoms with Gasteiger partial charge in [0.15, 0.2) is 5.82 Å². The molecule has 2 aromatic rings. The van der Waals surface area contributed by atoms with Crippen molar-refractivity contribution in [2.75, 3.05) is 6.54 Å². The van der Waals surface area contributed by atoms with Crippen LogP contribution in [0, 0.1) is 17.0 Å². The summed E-state index contributed by atoms with van der Waals surface area (Å²) in [5.74, 6) is 0.772. The third kappa shape index (κ3) is 2.78. The van der Waals surface area contributed by atoms with Gasteiger partial charge in [0.2, 0.25) is 0 Å². The van der Waals surface area contributed by atoms with Crippen molar-refractivity contribution >= 4 is 5.69 Å². The normalized spacial score (nSPS) is 18.6. The quantitative estimate of drug-likeness (QED) is 0.689. The van der Waals surface area contributed by atoms with E-state index in [0.29, 0.717) is 11.4 Å². The van der Waals surface area contributed by atoms with E-state index in [0.717, 1.165) is 31.4 Å². The van der Waals surface area contributed by atoms with Gasteiger partial charge in [0.25, 0.3) is 11.6 Å². The van der Waals surface area contributed by atoms with Crippen molar-refractivity contribution < 1.29 is 9.45 Å². The molecule has 7 heteroatoms. The van der Waals surface area contributed by atoms with Crippen molar-refractivity contribution in [2.24, 2.45) is 0 Å². The molecule has 0 aliphatic carbocycles. The summed E-state index contributed by atoms with van der Waals surface area (Å²) in [6.45, 7) is 2.80. The zero-order valence-corrected chi connectivity index (χ0v) is 11.7. The van der Waals surface area contributed by atoms with E-state index < -0.39 is 4.92 Å². The Kier molecular flexibility index (Phi) is 3.66. The molecular formula is C14H16N4O3. The molecule has 1 atom stereocenters. The Hall–Kier alpha value is -2.28. The molecule has 1 N–H and O–H groups in total. The number of hydrogen-bond acceptors (Lipinski definition) is 6. The zero-order chi connectivity index (χ0) is 14.8. The molecule has 1 aliphatic heterocycles. The molecule has 1 saturated heterocycles. The van der Waals surface area contributed by atoms with Gasteiger partial charge in [0.1, 0.15) is 5.56 Å². The standard InChI is InChI=1S/C14H16N4O3/c1-9-5-6-12(18(19)20)10(8-9)14-16-13(17-21-14)11-4-2-3-7-15-11/h5-6,8,11,15H,2-4,7H2,1H3. The Labute approximate surface area is 121 Å². The number of nitrogens with zero attached hydrogens (tertiary/aromatic N) is 3. The van der Waals surface area contributed by atoms with E-state index in [1.165, 1.54) is 6.07 Å². The molecule has 0 saturated carbocycles. The number of nitrogens with one attached hydrogen (secondary N) is 1.